The molecule has 0 aliphatic carbocycles. The van der Waals surface area contributed by atoms with Crippen molar-refractivity contribution in [1.29, 1.82) is 0 Å². The van der Waals surface area contributed by atoms with Crippen LogP contribution in [0.4, 0.5) is 0 Å². The molecule has 0 rings (SSSR count). The second kappa shape index (κ2) is 6.22. The van der Waals surface area contributed by atoms with Gasteiger partial charge in [0, 0.05) is 19.5 Å². The second-order valence-electron chi connectivity index (χ2n) is 4.18. The minimum atomic E-state index is -1.55. The molecule has 0 heterocycles. The SMILES string of the molecule is CCN(CC)C(=O)CC(C)(CC(=O)O)C(=O)O. The van der Waals surface area contributed by atoms with E-state index in [2.05, 4.69) is 0 Å². The molecule has 6 nitrogen and oxygen atoms in total. The fourth-order valence-electron chi connectivity index (χ4n) is 1.57. The molecule has 17 heavy (non-hydrogen) atoms. The molecule has 2 N–H and O–H groups in total. The summed E-state index contributed by atoms with van der Waals surface area (Å²) in [5, 5.41) is 17.7. The van der Waals surface area contributed by atoms with Gasteiger partial charge in [0.15, 0.2) is 0 Å². The van der Waals surface area contributed by atoms with Crippen LogP contribution in [-0.4, -0.2) is 46.0 Å². The predicted octanol–water partition coefficient (Wildman–Crippen LogP) is 0.810. The van der Waals surface area contributed by atoms with E-state index in [0.29, 0.717) is 13.1 Å². The van der Waals surface area contributed by atoms with Crippen LogP contribution in [0.1, 0.15) is 33.6 Å². The fraction of sp³-hybridized carbons (Fsp3) is 0.727. The Labute approximate surface area is 100 Å². The summed E-state index contributed by atoms with van der Waals surface area (Å²) >= 11 is 0. The van der Waals surface area contributed by atoms with Crippen LogP contribution in [0.25, 0.3) is 0 Å². The summed E-state index contributed by atoms with van der Waals surface area (Å²) in [7, 11) is 0. The molecule has 6 heteroatoms. The number of rotatable bonds is 7. The summed E-state index contributed by atoms with van der Waals surface area (Å²) in [5.74, 6) is -2.82. The first-order chi connectivity index (χ1) is 7.76. The van der Waals surface area contributed by atoms with Crippen molar-refractivity contribution < 1.29 is 24.6 Å². The highest BCUT2D eigenvalue weighted by molar-refractivity contribution is 5.87. The van der Waals surface area contributed by atoms with E-state index in [0.717, 1.165) is 0 Å². The molecule has 0 saturated heterocycles. The zero-order valence-electron chi connectivity index (χ0n) is 10.4. The highest BCUT2D eigenvalue weighted by Crippen LogP contribution is 2.27. The van der Waals surface area contributed by atoms with Crippen LogP contribution in [0, 0.1) is 5.41 Å². The first kappa shape index (κ1) is 15.4. The van der Waals surface area contributed by atoms with Gasteiger partial charge in [-0.25, -0.2) is 0 Å². The van der Waals surface area contributed by atoms with Crippen LogP contribution in [0.2, 0.25) is 0 Å². The number of nitrogens with zero attached hydrogens (tertiary/aromatic N) is 1. The summed E-state index contributed by atoms with van der Waals surface area (Å²) in [6.45, 7) is 5.83. The molecule has 0 aliphatic heterocycles. The van der Waals surface area contributed by atoms with Gasteiger partial charge in [-0.3, -0.25) is 14.4 Å². The minimum absolute atomic E-state index is 0.295. The Hall–Kier alpha value is -1.59. The molecule has 0 bridgehead atoms. The van der Waals surface area contributed by atoms with Crippen molar-refractivity contribution >= 4 is 17.8 Å². The molecule has 0 spiro atoms. The highest BCUT2D eigenvalue weighted by Gasteiger charge is 2.38. The summed E-state index contributed by atoms with van der Waals surface area (Å²) in [5.41, 5.74) is -1.55. The number of carboxylic acid groups (broad SMARTS) is 2. The first-order valence-corrected chi connectivity index (χ1v) is 5.49. The van der Waals surface area contributed by atoms with Crippen molar-refractivity contribution in [2.75, 3.05) is 13.1 Å². The Bertz CT molecular complexity index is 311. The van der Waals surface area contributed by atoms with Gasteiger partial charge >= 0.3 is 11.9 Å². The molecule has 0 aromatic heterocycles. The summed E-state index contributed by atoms with van der Waals surface area (Å²) in [4.78, 5) is 34.9. The van der Waals surface area contributed by atoms with Gasteiger partial charge in [0.05, 0.1) is 11.8 Å². The minimum Gasteiger partial charge on any atom is -0.481 e. The molecule has 1 amide bonds. The van der Waals surface area contributed by atoms with Crippen LogP contribution < -0.4 is 0 Å². The van der Waals surface area contributed by atoms with E-state index in [1.165, 1.54) is 11.8 Å². The number of amides is 1. The van der Waals surface area contributed by atoms with Gasteiger partial charge < -0.3 is 15.1 Å². The van der Waals surface area contributed by atoms with Gasteiger partial charge in [0.2, 0.25) is 5.91 Å². The predicted molar refractivity (Wildman–Crippen MR) is 60.5 cm³/mol. The number of carbonyl (C=O) groups excluding carboxylic acids is 1. The maximum atomic E-state index is 11.8. The van der Waals surface area contributed by atoms with Crippen LogP contribution in [0.15, 0.2) is 0 Å². The van der Waals surface area contributed by atoms with Crippen molar-refractivity contribution in [2.45, 2.75) is 33.6 Å². The van der Waals surface area contributed by atoms with Crippen LogP contribution in [0.5, 0.6) is 0 Å². The smallest absolute Gasteiger partial charge is 0.310 e. The lowest BCUT2D eigenvalue weighted by Crippen LogP contribution is -2.39. The quantitative estimate of drug-likeness (QED) is 0.692. The summed E-state index contributed by atoms with van der Waals surface area (Å²) in [6.07, 6.45) is -0.856. The van der Waals surface area contributed by atoms with Gasteiger partial charge in [-0.1, -0.05) is 0 Å². The zero-order valence-corrected chi connectivity index (χ0v) is 10.4. The van der Waals surface area contributed by atoms with Crippen molar-refractivity contribution in [2.24, 2.45) is 5.41 Å². The molecule has 98 valence electrons. The maximum Gasteiger partial charge on any atom is 0.310 e. The normalized spacial score (nSPS) is 13.8. The van der Waals surface area contributed by atoms with Gasteiger partial charge in [0.25, 0.3) is 0 Å². The van der Waals surface area contributed by atoms with Gasteiger partial charge in [-0.15, -0.1) is 0 Å². The molecular weight excluding hydrogens is 226 g/mol. The van der Waals surface area contributed by atoms with Crippen LogP contribution in [-0.2, 0) is 14.4 Å². The Kier molecular flexibility index (Phi) is 5.64. The Morgan fingerprint density at radius 3 is 1.82 bits per heavy atom. The largest absolute Gasteiger partial charge is 0.481 e. The van der Waals surface area contributed by atoms with Gasteiger partial charge in [0.1, 0.15) is 0 Å². The Morgan fingerprint density at radius 2 is 1.53 bits per heavy atom. The lowest BCUT2D eigenvalue weighted by Gasteiger charge is -2.26. The second-order valence-corrected chi connectivity index (χ2v) is 4.18. The number of hydrogen-bond donors (Lipinski definition) is 2. The van der Waals surface area contributed by atoms with Crippen LogP contribution in [0.3, 0.4) is 0 Å². The lowest BCUT2D eigenvalue weighted by molar-refractivity contribution is -0.157. The molecule has 0 aliphatic rings. The number of carbonyl (C=O) groups is 3. The van der Waals surface area contributed by atoms with E-state index in [-0.39, 0.29) is 12.3 Å². The van der Waals surface area contributed by atoms with Crippen molar-refractivity contribution in [1.82, 2.24) is 4.90 Å². The van der Waals surface area contributed by atoms with E-state index in [1.54, 1.807) is 13.8 Å². The average Bonchev–Trinajstić information content (AvgIpc) is 2.17. The van der Waals surface area contributed by atoms with Crippen LogP contribution >= 0.6 is 0 Å². The number of hydrogen-bond acceptors (Lipinski definition) is 3. The fourth-order valence-corrected chi connectivity index (χ4v) is 1.57. The van der Waals surface area contributed by atoms with Crippen molar-refractivity contribution in [3.63, 3.8) is 0 Å². The molecule has 0 aromatic carbocycles. The third-order valence-electron chi connectivity index (χ3n) is 2.72. The van der Waals surface area contributed by atoms with E-state index < -0.39 is 23.8 Å². The van der Waals surface area contributed by atoms with E-state index >= 15 is 0 Å². The van der Waals surface area contributed by atoms with E-state index in [4.69, 9.17) is 10.2 Å². The third kappa shape index (κ3) is 4.42. The molecule has 1 atom stereocenters. The van der Waals surface area contributed by atoms with E-state index in [9.17, 15) is 14.4 Å². The summed E-state index contributed by atoms with van der Waals surface area (Å²) < 4.78 is 0. The monoisotopic (exact) mass is 245 g/mol. The molecular formula is C11H19NO5. The molecule has 0 radical (unpaired) electrons. The number of aliphatic carboxylic acids is 2. The molecule has 0 saturated carbocycles. The molecule has 0 aromatic rings. The van der Waals surface area contributed by atoms with Gasteiger partial charge in [-0.2, -0.15) is 0 Å². The first-order valence-electron chi connectivity index (χ1n) is 5.49. The topological polar surface area (TPSA) is 94.9 Å². The van der Waals surface area contributed by atoms with Crippen molar-refractivity contribution in [3.05, 3.63) is 0 Å². The zero-order chi connectivity index (χ0) is 13.6. The van der Waals surface area contributed by atoms with Crippen molar-refractivity contribution in [3.8, 4) is 0 Å². The highest BCUT2D eigenvalue weighted by atomic mass is 16.4. The van der Waals surface area contributed by atoms with Gasteiger partial charge in [-0.05, 0) is 20.8 Å². The third-order valence-corrected chi connectivity index (χ3v) is 2.72. The average molecular weight is 245 g/mol. The van der Waals surface area contributed by atoms with E-state index in [1.807, 2.05) is 0 Å². The standard InChI is InChI=1S/C11H19NO5/c1-4-12(5-2)8(13)6-11(3,10(16)17)7-9(14)15/h4-7H2,1-3H3,(H,14,15)(H,16,17). The number of carboxylic acids is 2. The summed E-state index contributed by atoms with van der Waals surface area (Å²) in [6, 6.07) is 0. The molecule has 1 unspecified atom stereocenters. The Balaban J connectivity index is 4.82. The maximum absolute atomic E-state index is 11.8. The Morgan fingerprint density at radius 1 is 1.06 bits per heavy atom. The lowest BCUT2D eigenvalue weighted by atomic mass is 9.83. The molecule has 0 fully saturated rings.